The van der Waals surface area contributed by atoms with Gasteiger partial charge in [-0.2, -0.15) is 0 Å². The molecule has 0 radical (unpaired) electrons. The predicted octanol–water partition coefficient (Wildman–Crippen LogP) is 2.70. The number of carbonyl (C=O) groups is 1. The lowest BCUT2D eigenvalue weighted by Gasteiger charge is -2.10. The van der Waals surface area contributed by atoms with Crippen LogP contribution in [0.3, 0.4) is 0 Å². The second kappa shape index (κ2) is 5.92. The van der Waals surface area contributed by atoms with Gasteiger partial charge < -0.3 is 10.2 Å². The summed E-state index contributed by atoms with van der Waals surface area (Å²) in [5, 5.41) is 17.8. The van der Waals surface area contributed by atoms with E-state index in [0.29, 0.717) is 6.42 Å². The van der Waals surface area contributed by atoms with Crippen molar-refractivity contribution in [2.45, 2.75) is 36.5 Å². The summed E-state index contributed by atoms with van der Waals surface area (Å²) in [4.78, 5) is 11.8. The summed E-state index contributed by atoms with van der Waals surface area (Å²) < 4.78 is 0. The Kier molecular flexibility index (Phi) is 4.83. The molecule has 0 saturated carbocycles. The highest BCUT2D eigenvalue weighted by Gasteiger charge is 2.16. The molecule has 1 rings (SSSR count). The zero-order valence-electron chi connectivity index (χ0n) is 9.38. The van der Waals surface area contributed by atoms with Crippen LogP contribution in [-0.2, 0) is 4.79 Å². The first-order valence-electron chi connectivity index (χ1n) is 5.22. The summed E-state index contributed by atoms with van der Waals surface area (Å²) >= 11 is 1.34. The molecule has 2 atom stereocenters. The monoisotopic (exact) mass is 240 g/mol. The molecule has 2 N–H and O–H groups in total. The molecule has 0 saturated heterocycles. The van der Waals surface area contributed by atoms with E-state index in [0.717, 1.165) is 10.5 Å². The molecule has 0 aliphatic heterocycles. The third kappa shape index (κ3) is 3.54. The minimum atomic E-state index is -0.785. The zero-order chi connectivity index (χ0) is 12.1. The lowest BCUT2D eigenvalue weighted by Crippen LogP contribution is -2.14. The van der Waals surface area contributed by atoms with Gasteiger partial charge in [0.2, 0.25) is 0 Å². The average molecular weight is 240 g/mol. The lowest BCUT2D eigenvalue weighted by atomic mass is 10.1. The first-order valence-corrected chi connectivity index (χ1v) is 6.10. The van der Waals surface area contributed by atoms with Gasteiger partial charge in [-0.1, -0.05) is 19.1 Å². The molecule has 0 aliphatic carbocycles. The van der Waals surface area contributed by atoms with Crippen molar-refractivity contribution in [2.24, 2.45) is 0 Å². The molecule has 1 aromatic carbocycles. The van der Waals surface area contributed by atoms with E-state index in [9.17, 15) is 9.90 Å². The van der Waals surface area contributed by atoms with Crippen molar-refractivity contribution in [3.8, 4) is 0 Å². The first-order chi connectivity index (χ1) is 7.54. The van der Waals surface area contributed by atoms with Crippen molar-refractivity contribution in [1.29, 1.82) is 0 Å². The van der Waals surface area contributed by atoms with Crippen LogP contribution < -0.4 is 0 Å². The lowest BCUT2D eigenvalue weighted by molar-refractivity contribution is -0.136. The number of thioether (sulfide) groups is 1. The second-order valence-electron chi connectivity index (χ2n) is 3.60. The summed E-state index contributed by atoms with van der Waals surface area (Å²) in [6.45, 7) is 3.56. The van der Waals surface area contributed by atoms with Gasteiger partial charge >= 0.3 is 5.97 Å². The summed E-state index contributed by atoms with van der Waals surface area (Å²) in [6.07, 6.45) is 0.110. The van der Waals surface area contributed by atoms with Gasteiger partial charge in [-0.15, -0.1) is 11.8 Å². The van der Waals surface area contributed by atoms with Crippen molar-refractivity contribution in [3.63, 3.8) is 0 Å². The van der Waals surface area contributed by atoms with E-state index in [1.165, 1.54) is 11.8 Å². The Hall–Kier alpha value is -1.00. The summed E-state index contributed by atoms with van der Waals surface area (Å²) in [7, 11) is 0. The van der Waals surface area contributed by atoms with Gasteiger partial charge in [0, 0.05) is 4.90 Å². The largest absolute Gasteiger partial charge is 0.480 e. The fourth-order valence-electron chi connectivity index (χ4n) is 1.30. The van der Waals surface area contributed by atoms with Gasteiger partial charge in [0.05, 0.1) is 6.10 Å². The first kappa shape index (κ1) is 13.1. The molecule has 0 aromatic heterocycles. The van der Waals surface area contributed by atoms with Crippen LogP contribution in [0.2, 0.25) is 0 Å². The average Bonchev–Trinajstić information content (AvgIpc) is 2.26. The SMILES string of the molecule is CCC(Sc1ccc(C(C)O)cc1)C(=O)O. The molecular weight excluding hydrogens is 224 g/mol. The molecule has 88 valence electrons. The van der Waals surface area contributed by atoms with Crippen molar-refractivity contribution in [1.82, 2.24) is 0 Å². The zero-order valence-corrected chi connectivity index (χ0v) is 10.2. The van der Waals surface area contributed by atoms with Crippen molar-refractivity contribution >= 4 is 17.7 Å². The molecule has 16 heavy (non-hydrogen) atoms. The highest BCUT2D eigenvalue weighted by atomic mass is 32.2. The number of hydrogen-bond acceptors (Lipinski definition) is 3. The van der Waals surface area contributed by atoms with Gasteiger partial charge in [0.15, 0.2) is 0 Å². The molecular formula is C12H16O3S. The number of rotatable bonds is 5. The quantitative estimate of drug-likeness (QED) is 0.777. The Morgan fingerprint density at radius 1 is 1.38 bits per heavy atom. The Morgan fingerprint density at radius 3 is 2.31 bits per heavy atom. The molecule has 0 aliphatic rings. The van der Waals surface area contributed by atoms with Gasteiger partial charge in [-0.05, 0) is 31.0 Å². The molecule has 0 amide bonds. The van der Waals surface area contributed by atoms with Crippen molar-refractivity contribution < 1.29 is 15.0 Å². The minimum absolute atomic E-state index is 0.405. The second-order valence-corrected chi connectivity index (χ2v) is 4.87. The fourth-order valence-corrected chi connectivity index (χ4v) is 2.19. The van der Waals surface area contributed by atoms with Crippen LogP contribution in [0.25, 0.3) is 0 Å². The summed E-state index contributed by atoms with van der Waals surface area (Å²) in [6, 6.07) is 7.33. The van der Waals surface area contributed by atoms with Crippen LogP contribution in [0, 0.1) is 0 Å². The third-order valence-corrected chi connectivity index (χ3v) is 3.65. The fraction of sp³-hybridized carbons (Fsp3) is 0.417. The number of aliphatic carboxylic acids is 1. The number of carboxylic acids is 1. The van der Waals surface area contributed by atoms with Gasteiger partial charge in [-0.25, -0.2) is 0 Å². The Labute approximate surface area is 99.5 Å². The van der Waals surface area contributed by atoms with Gasteiger partial charge in [0.25, 0.3) is 0 Å². The number of carboxylic acid groups (broad SMARTS) is 1. The highest BCUT2D eigenvalue weighted by Crippen LogP contribution is 2.26. The number of aliphatic hydroxyl groups excluding tert-OH is 1. The maximum Gasteiger partial charge on any atom is 0.316 e. The molecule has 0 heterocycles. The standard InChI is InChI=1S/C12H16O3S/c1-3-11(12(14)15)16-10-6-4-9(5-7-10)8(2)13/h4-8,11,13H,3H2,1-2H3,(H,14,15). The van der Waals surface area contributed by atoms with Crippen LogP contribution in [0.1, 0.15) is 31.9 Å². The maximum absolute atomic E-state index is 10.8. The Morgan fingerprint density at radius 2 is 1.94 bits per heavy atom. The van der Waals surface area contributed by atoms with Crippen LogP contribution in [-0.4, -0.2) is 21.4 Å². The van der Waals surface area contributed by atoms with E-state index in [-0.39, 0.29) is 0 Å². The molecule has 1 aromatic rings. The summed E-state index contributed by atoms with van der Waals surface area (Å²) in [5.41, 5.74) is 0.840. The molecule has 0 spiro atoms. The normalized spacial score (nSPS) is 14.4. The smallest absolute Gasteiger partial charge is 0.316 e. The van der Waals surface area contributed by atoms with Crippen LogP contribution >= 0.6 is 11.8 Å². The van der Waals surface area contributed by atoms with Crippen LogP contribution in [0.4, 0.5) is 0 Å². The number of aliphatic hydroxyl groups is 1. The molecule has 2 unspecified atom stereocenters. The summed E-state index contributed by atoms with van der Waals surface area (Å²) in [5.74, 6) is -0.785. The highest BCUT2D eigenvalue weighted by molar-refractivity contribution is 8.00. The van der Waals surface area contributed by atoms with E-state index in [2.05, 4.69) is 0 Å². The third-order valence-electron chi connectivity index (χ3n) is 2.29. The van der Waals surface area contributed by atoms with E-state index in [1.807, 2.05) is 31.2 Å². The van der Waals surface area contributed by atoms with Gasteiger partial charge in [0.1, 0.15) is 5.25 Å². The molecule has 4 heteroatoms. The van der Waals surface area contributed by atoms with E-state index in [4.69, 9.17) is 5.11 Å². The van der Waals surface area contributed by atoms with Gasteiger partial charge in [-0.3, -0.25) is 4.79 Å². The Bertz CT molecular complexity index is 346. The van der Waals surface area contributed by atoms with Crippen molar-refractivity contribution in [3.05, 3.63) is 29.8 Å². The molecule has 0 fully saturated rings. The van der Waals surface area contributed by atoms with Crippen LogP contribution in [0.5, 0.6) is 0 Å². The van der Waals surface area contributed by atoms with E-state index in [1.54, 1.807) is 6.92 Å². The number of hydrogen-bond donors (Lipinski definition) is 2. The topological polar surface area (TPSA) is 57.5 Å². The Balaban J connectivity index is 2.71. The van der Waals surface area contributed by atoms with Crippen LogP contribution in [0.15, 0.2) is 29.2 Å². The predicted molar refractivity (Wildman–Crippen MR) is 64.6 cm³/mol. The van der Waals surface area contributed by atoms with E-state index < -0.39 is 17.3 Å². The molecule has 0 bridgehead atoms. The number of benzene rings is 1. The molecule has 3 nitrogen and oxygen atoms in total. The minimum Gasteiger partial charge on any atom is -0.480 e. The maximum atomic E-state index is 10.8. The van der Waals surface area contributed by atoms with Crippen molar-refractivity contribution in [2.75, 3.05) is 0 Å². The van der Waals surface area contributed by atoms with E-state index >= 15 is 0 Å².